The van der Waals surface area contributed by atoms with Crippen LogP contribution < -0.4 is 10.5 Å². The van der Waals surface area contributed by atoms with Crippen LogP contribution in [0, 0.1) is 5.82 Å². The van der Waals surface area contributed by atoms with Crippen molar-refractivity contribution >= 4 is 0 Å². The summed E-state index contributed by atoms with van der Waals surface area (Å²) >= 11 is 0. The molecule has 19 heavy (non-hydrogen) atoms. The van der Waals surface area contributed by atoms with Crippen molar-refractivity contribution in [2.45, 2.75) is 37.0 Å². The van der Waals surface area contributed by atoms with Crippen LogP contribution in [0.5, 0.6) is 5.75 Å². The van der Waals surface area contributed by atoms with Crippen molar-refractivity contribution in [3.05, 3.63) is 29.6 Å². The first-order chi connectivity index (χ1) is 8.92. The number of hydrogen-bond acceptors (Lipinski definition) is 2. The highest BCUT2D eigenvalue weighted by Gasteiger charge is 2.44. The first kappa shape index (κ1) is 14.2. The van der Waals surface area contributed by atoms with Crippen LogP contribution in [0.1, 0.15) is 31.2 Å². The summed E-state index contributed by atoms with van der Waals surface area (Å²) in [5.41, 5.74) is 5.50. The van der Waals surface area contributed by atoms with Gasteiger partial charge in [0.25, 0.3) is 0 Å². The van der Waals surface area contributed by atoms with Crippen LogP contribution in [-0.2, 0) is 5.41 Å². The number of nitrogens with two attached hydrogens (primary N) is 1. The van der Waals surface area contributed by atoms with E-state index in [0.29, 0.717) is 11.3 Å². The Morgan fingerprint density at radius 3 is 2.32 bits per heavy atom. The Labute approximate surface area is 110 Å². The fraction of sp³-hybridized carbons (Fsp3) is 0.571. The predicted molar refractivity (Wildman–Crippen MR) is 67.1 cm³/mol. The van der Waals surface area contributed by atoms with E-state index < -0.39 is 17.2 Å². The molecule has 2 N–H and O–H groups in total. The largest absolute Gasteiger partial charge is 0.497 e. The Morgan fingerprint density at radius 1 is 1.21 bits per heavy atom. The van der Waals surface area contributed by atoms with Gasteiger partial charge in [0.05, 0.1) is 7.11 Å². The first-order valence-electron chi connectivity index (χ1n) is 6.34. The Morgan fingerprint density at radius 2 is 1.84 bits per heavy atom. The smallest absolute Gasteiger partial charge is 0.248 e. The second-order valence-corrected chi connectivity index (χ2v) is 5.19. The molecule has 0 amide bonds. The van der Waals surface area contributed by atoms with E-state index in [4.69, 9.17) is 10.5 Å². The molecule has 2 rings (SSSR count). The number of methoxy groups -OCH3 is 1. The Balaban J connectivity index is 2.32. The third kappa shape index (κ3) is 2.71. The van der Waals surface area contributed by atoms with Crippen LogP contribution in [0.25, 0.3) is 0 Å². The Bertz CT molecular complexity index is 452. The second kappa shape index (κ2) is 5.04. The molecule has 1 saturated carbocycles. The van der Waals surface area contributed by atoms with Crippen LogP contribution in [0.15, 0.2) is 18.2 Å². The summed E-state index contributed by atoms with van der Waals surface area (Å²) in [6, 6.07) is 4.52. The van der Waals surface area contributed by atoms with Crippen molar-refractivity contribution in [2.75, 3.05) is 13.7 Å². The third-order valence-corrected chi connectivity index (χ3v) is 4.08. The molecule has 0 aliphatic heterocycles. The average molecular weight is 273 g/mol. The molecule has 5 heteroatoms. The van der Waals surface area contributed by atoms with Gasteiger partial charge in [0.1, 0.15) is 11.6 Å². The van der Waals surface area contributed by atoms with Gasteiger partial charge in [-0.25, -0.2) is 13.2 Å². The summed E-state index contributed by atoms with van der Waals surface area (Å²) in [5, 5.41) is 0. The predicted octanol–water partition coefficient (Wildman–Crippen LogP) is 3.24. The van der Waals surface area contributed by atoms with Crippen molar-refractivity contribution in [3.63, 3.8) is 0 Å². The lowest BCUT2D eigenvalue weighted by Crippen LogP contribution is -2.42. The van der Waals surface area contributed by atoms with E-state index in [1.807, 2.05) is 0 Å². The van der Waals surface area contributed by atoms with Gasteiger partial charge in [-0.2, -0.15) is 0 Å². The van der Waals surface area contributed by atoms with Crippen molar-refractivity contribution in [3.8, 4) is 5.75 Å². The van der Waals surface area contributed by atoms with Crippen molar-refractivity contribution in [2.24, 2.45) is 5.73 Å². The normalized spacial score (nSPS) is 21.1. The molecule has 0 aromatic heterocycles. The molecule has 0 atom stereocenters. The molecule has 1 aliphatic rings. The number of halogens is 3. The summed E-state index contributed by atoms with van der Waals surface area (Å²) in [5.74, 6) is -2.67. The van der Waals surface area contributed by atoms with E-state index >= 15 is 0 Å². The SMILES string of the molecule is COc1ccc(C2(CN)CCC(F)(F)CC2)c(F)c1. The summed E-state index contributed by atoms with van der Waals surface area (Å²) in [6.07, 6.45) is -0.0646. The van der Waals surface area contributed by atoms with E-state index in [1.54, 1.807) is 12.1 Å². The van der Waals surface area contributed by atoms with Crippen molar-refractivity contribution in [1.29, 1.82) is 0 Å². The molecule has 106 valence electrons. The molecule has 2 nitrogen and oxygen atoms in total. The van der Waals surface area contributed by atoms with E-state index in [9.17, 15) is 13.2 Å². The maximum atomic E-state index is 14.1. The molecule has 0 saturated heterocycles. The molecule has 0 spiro atoms. The standard InChI is InChI=1S/C14H18F3NO/c1-19-10-2-3-11(12(15)8-10)13(9-18)4-6-14(16,17)7-5-13/h2-3,8H,4-7,9,18H2,1H3. The van der Waals surface area contributed by atoms with Gasteiger partial charge in [-0.1, -0.05) is 6.07 Å². The zero-order chi connectivity index (χ0) is 14.1. The lowest BCUT2D eigenvalue weighted by atomic mass is 9.68. The van der Waals surface area contributed by atoms with Crippen molar-refractivity contribution < 1.29 is 17.9 Å². The Kier molecular flexibility index (Phi) is 3.76. The van der Waals surface area contributed by atoms with Gasteiger partial charge in [-0.3, -0.25) is 0 Å². The Hall–Kier alpha value is -1.23. The van der Waals surface area contributed by atoms with Crippen LogP contribution in [-0.4, -0.2) is 19.6 Å². The van der Waals surface area contributed by atoms with Gasteiger partial charge in [-0.05, 0) is 24.5 Å². The highest BCUT2D eigenvalue weighted by atomic mass is 19.3. The number of rotatable bonds is 3. The van der Waals surface area contributed by atoms with Gasteiger partial charge in [0, 0.05) is 30.9 Å². The fourth-order valence-electron chi connectivity index (χ4n) is 2.73. The third-order valence-electron chi connectivity index (χ3n) is 4.08. The summed E-state index contributed by atoms with van der Waals surface area (Å²) in [6.45, 7) is 0.173. The van der Waals surface area contributed by atoms with Gasteiger partial charge < -0.3 is 10.5 Å². The molecular weight excluding hydrogens is 255 g/mol. The van der Waals surface area contributed by atoms with E-state index in [-0.39, 0.29) is 32.2 Å². The summed E-state index contributed by atoms with van der Waals surface area (Å²) in [7, 11) is 1.45. The number of benzene rings is 1. The van der Waals surface area contributed by atoms with E-state index in [2.05, 4.69) is 0 Å². The average Bonchev–Trinajstić information content (AvgIpc) is 2.40. The molecule has 0 unspecified atom stereocenters. The minimum absolute atomic E-state index is 0.173. The van der Waals surface area contributed by atoms with Gasteiger partial charge in [0.2, 0.25) is 5.92 Å². The number of hydrogen-bond donors (Lipinski definition) is 1. The second-order valence-electron chi connectivity index (χ2n) is 5.19. The molecule has 1 fully saturated rings. The van der Waals surface area contributed by atoms with E-state index in [0.717, 1.165) is 0 Å². The number of ether oxygens (including phenoxy) is 1. The molecule has 0 radical (unpaired) electrons. The minimum Gasteiger partial charge on any atom is -0.497 e. The summed E-state index contributed by atoms with van der Waals surface area (Å²) in [4.78, 5) is 0. The van der Waals surface area contributed by atoms with Gasteiger partial charge in [0.15, 0.2) is 0 Å². The van der Waals surface area contributed by atoms with Crippen LogP contribution >= 0.6 is 0 Å². The van der Waals surface area contributed by atoms with Gasteiger partial charge >= 0.3 is 0 Å². The zero-order valence-electron chi connectivity index (χ0n) is 10.9. The quantitative estimate of drug-likeness (QED) is 0.917. The fourth-order valence-corrected chi connectivity index (χ4v) is 2.73. The molecule has 1 aromatic carbocycles. The molecule has 1 aromatic rings. The van der Waals surface area contributed by atoms with Crippen LogP contribution in [0.4, 0.5) is 13.2 Å². The monoisotopic (exact) mass is 273 g/mol. The molecule has 0 bridgehead atoms. The maximum absolute atomic E-state index is 14.1. The molecular formula is C14H18F3NO. The highest BCUT2D eigenvalue weighted by Crippen LogP contribution is 2.45. The zero-order valence-corrected chi connectivity index (χ0v) is 10.9. The highest BCUT2D eigenvalue weighted by molar-refractivity contribution is 5.35. The molecule has 1 aliphatic carbocycles. The van der Waals surface area contributed by atoms with Crippen LogP contribution in [0.3, 0.4) is 0 Å². The maximum Gasteiger partial charge on any atom is 0.248 e. The minimum atomic E-state index is -2.65. The van der Waals surface area contributed by atoms with Crippen molar-refractivity contribution in [1.82, 2.24) is 0 Å². The van der Waals surface area contributed by atoms with Crippen LogP contribution in [0.2, 0.25) is 0 Å². The molecule has 0 heterocycles. The van der Waals surface area contributed by atoms with E-state index in [1.165, 1.54) is 13.2 Å². The lowest BCUT2D eigenvalue weighted by molar-refractivity contribution is -0.0513. The topological polar surface area (TPSA) is 35.2 Å². The first-order valence-corrected chi connectivity index (χ1v) is 6.34. The lowest BCUT2D eigenvalue weighted by Gasteiger charge is -2.40. The number of alkyl halides is 2. The summed E-state index contributed by atoms with van der Waals surface area (Å²) < 4.78 is 45.6. The van der Waals surface area contributed by atoms with Gasteiger partial charge in [-0.15, -0.1) is 0 Å².